The number of nitrogens with zero attached hydrogens (tertiary/aromatic N) is 1. The third-order valence-electron chi connectivity index (χ3n) is 8.04. The summed E-state index contributed by atoms with van der Waals surface area (Å²) in [6.45, 7) is 0. The fourth-order valence-electron chi connectivity index (χ4n) is 6.90. The Kier molecular flexibility index (Phi) is 4.67. The van der Waals surface area contributed by atoms with Gasteiger partial charge in [-0.1, -0.05) is 46.7 Å². The summed E-state index contributed by atoms with van der Waals surface area (Å²) in [4.78, 5) is 44.9. The van der Waals surface area contributed by atoms with Crippen molar-refractivity contribution in [1.82, 2.24) is 4.98 Å². The second kappa shape index (κ2) is 7.47. The maximum Gasteiger partial charge on any atom is 0.305 e. The highest BCUT2D eigenvalue weighted by atomic mass is 35.5. The maximum atomic E-state index is 13.7. The average Bonchev–Trinajstić information content (AvgIpc) is 3.54. The largest absolute Gasteiger partial charge is 0.307 e. The van der Waals surface area contributed by atoms with Gasteiger partial charge in [-0.3, -0.25) is 19.3 Å². The molecular formula is C25H18Cl2N2O3S2. The van der Waals surface area contributed by atoms with Gasteiger partial charge in [0.25, 0.3) is 0 Å². The first kappa shape index (κ1) is 21.2. The van der Waals surface area contributed by atoms with Gasteiger partial charge in [0, 0.05) is 26.1 Å². The van der Waals surface area contributed by atoms with Gasteiger partial charge < -0.3 is 4.98 Å². The minimum absolute atomic E-state index is 0.00546. The monoisotopic (exact) mass is 528 g/mol. The zero-order chi connectivity index (χ0) is 23.3. The number of halogens is 2. The summed E-state index contributed by atoms with van der Waals surface area (Å²) in [5.41, 5.74) is 1.69. The molecule has 7 rings (SSSR count). The Morgan fingerprint density at radius 3 is 2.15 bits per heavy atom. The zero-order valence-corrected chi connectivity index (χ0v) is 20.8. The predicted octanol–water partition coefficient (Wildman–Crippen LogP) is 5.42. The van der Waals surface area contributed by atoms with E-state index in [9.17, 15) is 14.4 Å². The second-order valence-electron chi connectivity index (χ2n) is 9.50. The van der Waals surface area contributed by atoms with Crippen LogP contribution < -0.4 is 9.77 Å². The number of nitrogens with one attached hydrogen (secondary N) is 1. The Balaban J connectivity index is 1.32. The number of benzene rings is 2. The first-order chi connectivity index (χ1) is 16.4. The molecule has 2 aromatic carbocycles. The molecule has 2 aliphatic heterocycles. The summed E-state index contributed by atoms with van der Waals surface area (Å²) >= 11 is 15.2. The molecule has 2 saturated carbocycles. The number of hydrogen-bond donors (Lipinski definition) is 1. The molecule has 172 valence electrons. The molecule has 7 unspecified atom stereocenters. The quantitative estimate of drug-likeness (QED) is 0.450. The molecule has 5 nitrogen and oxygen atoms in total. The summed E-state index contributed by atoms with van der Waals surface area (Å²) in [7, 11) is 0. The molecule has 0 radical (unpaired) electrons. The molecule has 3 fully saturated rings. The smallest absolute Gasteiger partial charge is 0.305 e. The summed E-state index contributed by atoms with van der Waals surface area (Å²) in [5, 5.41) is 2.31. The number of rotatable bonds is 2. The molecule has 1 aromatic heterocycles. The number of carbonyl (C=O) groups excluding carboxylic acids is 2. The van der Waals surface area contributed by atoms with Gasteiger partial charge >= 0.3 is 4.87 Å². The number of hydrogen-bond acceptors (Lipinski definition) is 5. The van der Waals surface area contributed by atoms with Crippen LogP contribution >= 0.6 is 46.3 Å². The van der Waals surface area contributed by atoms with Crippen molar-refractivity contribution < 1.29 is 9.59 Å². The lowest BCUT2D eigenvalue weighted by Crippen LogP contribution is -2.42. The number of anilines is 1. The molecule has 3 aromatic rings. The lowest BCUT2D eigenvalue weighted by atomic mass is 9.68. The van der Waals surface area contributed by atoms with E-state index in [1.54, 1.807) is 36.0 Å². The third-order valence-corrected chi connectivity index (χ3v) is 11.1. The Morgan fingerprint density at radius 1 is 0.853 bits per heavy atom. The molecule has 2 amide bonds. The normalized spacial score (nSPS) is 33.2. The Morgan fingerprint density at radius 2 is 1.47 bits per heavy atom. The minimum Gasteiger partial charge on any atom is -0.307 e. The maximum absolute atomic E-state index is 13.7. The molecule has 0 spiro atoms. The Labute approximate surface area is 213 Å². The fraction of sp³-hybridized carbons (Fsp3) is 0.320. The van der Waals surface area contributed by atoms with Crippen LogP contribution in [-0.2, 0) is 9.59 Å². The van der Waals surface area contributed by atoms with E-state index in [0.29, 0.717) is 15.7 Å². The van der Waals surface area contributed by atoms with Crippen LogP contribution in [0.1, 0.15) is 22.8 Å². The van der Waals surface area contributed by atoms with Gasteiger partial charge in [0.15, 0.2) is 0 Å². The Bertz CT molecular complexity index is 1400. The molecule has 9 heteroatoms. The summed E-state index contributed by atoms with van der Waals surface area (Å²) in [6, 6.07) is 14.7. The number of thioether (sulfide) groups is 1. The SMILES string of the molecule is O=C1C2C3CC(C2C(=O)N1c1ccc(Cl)cc1)C1C(c2ccc(Cl)cc2)c2sc(=O)[nH]c2SC31. The molecule has 1 N–H and O–H groups in total. The first-order valence-corrected chi connectivity index (χ1v) is 13.7. The van der Waals surface area contributed by atoms with Gasteiger partial charge in [-0.2, -0.15) is 0 Å². The van der Waals surface area contributed by atoms with Crippen LogP contribution in [0.5, 0.6) is 0 Å². The van der Waals surface area contributed by atoms with E-state index in [0.717, 1.165) is 21.9 Å². The number of thiazole rings is 1. The van der Waals surface area contributed by atoms with Gasteiger partial charge in [-0.25, -0.2) is 0 Å². The lowest BCUT2D eigenvalue weighted by molar-refractivity contribution is -0.123. The van der Waals surface area contributed by atoms with Crippen molar-refractivity contribution >= 4 is 63.8 Å². The van der Waals surface area contributed by atoms with E-state index in [4.69, 9.17) is 23.2 Å². The number of aromatic amines is 1. The molecular weight excluding hydrogens is 511 g/mol. The molecule has 3 heterocycles. The van der Waals surface area contributed by atoms with Crippen molar-refractivity contribution in [3.63, 3.8) is 0 Å². The molecule has 7 atom stereocenters. The average molecular weight is 529 g/mol. The lowest BCUT2D eigenvalue weighted by Gasteiger charge is -2.43. The minimum atomic E-state index is -0.318. The predicted molar refractivity (Wildman–Crippen MR) is 134 cm³/mol. The highest BCUT2D eigenvalue weighted by Gasteiger charge is 2.69. The summed E-state index contributed by atoms with van der Waals surface area (Å²) < 4.78 is 0. The van der Waals surface area contributed by atoms with Crippen molar-refractivity contribution in [3.05, 3.63) is 78.7 Å². The number of amides is 2. The molecule has 34 heavy (non-hydrogen) atoms. The molecule has 2 bridgehead atoms. The number of imide groups is 1. The number of H-pyrrole nitrogens is 1. The number of carbonyl (C=O) groups is 2. The summed E-state index contributed by atoms with van der Waals surface area (Å²) in [5.74, 6) is -0.448. The molecule has 2 aliphatic carbocycles. The van der Waals surface area contributed by atoms with Crippen LogP contribution in [0.2, 0.25) is 10.0 Å². The van der Waals surface area contributed by atoms with Crippen molar-refractivity contribution in [2.45, 2.75) is 22.6 Å². The molecule has 4 aliphatic rings. The zero-order valence-electron chi connectivity index (χ0n) is 17.6. The van der Waals surface area contributed by atoms with E-state index in [2.05, 4.69) is 4.98 Å². The van der Waals surface area contributed by atoms with Crippen molar-refractivity contribution in [1.29, 1.82) is 0 Å². The third kappa shape index (κ3) is 2.84. The van der Waals surface area contributed by atoms with Gasteiger partial charge in [0.1, 0.15) is 0 Å². The van der Waals surface area contributed by atoms with E-state index in [1.807, 2.05) is 24.3 Å². The van der Waals surface area contributed by atoms with Crippen molar-refractivity contribution in [2.24, 2.45) is 29.6 Å². The van der Waals surface area contributed by atoms with Gasteiger partial charge in [-0.05, 0) is 66.1 Å². The second-order valence-corrected chi connectivity index (χ2v) is 12.6. The summed E-state index contributed by atoms with van der Waals surface area (Å²) in [6.07, 6.45) is 0.868. The van der Waals surface area contributed by atoms with Gasteiger partial charge in [-0.15, -0.1) is 11.8 Å². The van der Waals surface area contributed by atoms with E-state index in [-0.39, 0.29) is 57.4 Å². The fourth-order valence-corrected chi connectivity index (χ4v) is 10.0. The van der Waals surface area contributed by atoms with Crippen LogP contribution in [0, 0.1) is 29.6 Å². The highest BCUT2D eigenvalue weighted by Crippen LogP contribution is 2.68. The van der Waals surface area contributed by atoms with Crippen molar-refractivity contribution in [3.8, 4) is 0 Å². The Hall–Kier alpha value is -2.06. The molecule has 1 saturated heterocycles. The van der Waals surface area contributed by atoms with Crippen LogP contribution in [0.3, 0.4) is 0 Å². The van der Waals surface area contributed by atoms with E-state index < -0.39 is 0 Å². The number of aromatic nitrogens is 1. The van der Waals surface area contributed by atoms with Crippen LogP contribution in [0.25, 0.3) is 0 Å². The highest BCUT2D eigenvalue weighted by molar-refractivity contribution is 8.00. The topological polar surface area (TPSA) is 70.2 Å². The van der Waals surface area contributed by atoms with Gasteiger partial charge in [0.05, 0.1) is 22.5 Å². The van der Waals surface area contributed by atoms with E-state index >= 15 is 0 Å². The van der Waals surface area contributed by atoms with E-state index in [1.165, 1.54) is 16.2 Å². The van der Waals surface area contributed by atoms with Gasteiger partial charge in [0.2, 0.25) is 11.8 Å². The first-order valence-electron chi connectivity index (χ1n) is 11.2. The van der Waals surface area contributed by atoms with Crippen LogP contribution in [-0.4, -0.2) is 22.0 Å². The van der Waals surface area contributed by atoms with Crippen molar-refractivity contribution in [2.75, 3.05) is 4.90 Å². The van der Waals surface area contributed by atoms with Crippen LogP contribution in [0.15, 0.2) is 58.4 Å². The van der Waals surface area contributed by atoms with Crippen LogP contribution in [0.4, 0.5) is 5.69 Å². The number of fused-ring (bicyclic) bond motifs is 9. The standard InChI is InChI=1S/C25H18Cl2N2O3S2/c26-11-3-1-10(2-4-11)16-17-14-9-15(20(17)33-22-21(16)34-25(32)28-22)19-18(14)23(30)29(24(19)31)13-7-5-12(27)6-8-13/h1-8,14-20H,9H2,(H,28,32).